The Morgan fingerprint density at radius 2 is 1.96 bits per heavy atom. The molecule has 0 aliphatic carbocycles. The molecule has 8 nitrogen and oxygen atoms in total. The summed E-state index contributed by atoms with van der Waals surface area (Å²) in [5.41, 5.74) is 0.886. The summed E-state index contributed by atoms with van der Waals surface area (Å²) in [6.07, 6.45) is 0.842. The van der Waals surface area contributed by atoms with E-state index in [1.54, 1.807) is 0 Å². The minimum absolute atomic E-state index is 0.245. The maximum absolute atomic E-state index is 11.8. The number of hydrogen-bond donors (Lipinski definition) is 2. The van der Waals surface area contributed by atoms with Crippen LogP contribution in [0.25, 0.3) is 0 Å². The van der Waals surface area contributed by atoms with Crippen LogP contribution in [0.4, 0.5) is 4.79 Å². The number of piperazine rings is 1. The minimum Gasteiger partial charge on any atom is -0.360 e. The monoisotopic (exact) mass is 323 g/mol. The topological polar surface area (TPSA) is 90.7 Å². The van der Waals surface area contributed by atoms with Gasteiger partial charge < -0.3 is 9.84 Å². The zero-order chi connectivity index (χ0) is 16.7. The number of nitrogens with one attached hydrogen (secondary N) is 2. The molecule has 0 unspecified atom stereocenters. The van der Waals surface area contributed by atoms with Crippen LogP contribution >= 0.6 is 0 Å². The van der Waals surface area contributed by atoms with Crippen molar-refractivity contribution in [2.75, 3.05) is 39.3 Å². The van der Waals surface area contributed by atoms with Crippen LogP contribution in [0, 0.1) is 6.92 Å². The largest absolute Gasteiger partial charge is 0.360 e. The summed E-state index contributed by atoms with van der Waals surface area (Å²) < 4.78 is 5.22. The highest BCUT2D eigenvalue weighted by Gasteiger charge is 2.20. The molecule has 0 atom stereocenters. The van der Waals surface area contributed by atoms with Gasteiger partial charge in [-0.25, -0.2) is 4.79 Å². The Kier molecular flexibility index (Phi) is 6.54. The molecule has 8 heteroatoms. The summed E-state index contributed by atoms with van der Waals surface area (Å²) in [7, 11) is 0. The van der Waals surface area contributed by atoms with Crippen LogP contribution in [0.2, 0.25) is 0 Å². The first kappa shape index (κ1) is 17.4. The number of nitrogens with zero attached hydrogens (tertiary/aromatic N) is 3. The van der Waals surface area contributed by atoms with Gasteiger partial charge in [-0.2, -0.15) is 0 Å². The standard InChI is InChI=1S/C15H25N5O3/c1-3-4-16-15(22)17-14(21)11-20-7-5-19(6-8-20)10-13-9-12(2)18-23-13/h9H,3-8,10-11H2,1-2H3,(H2,16,17,21,22). The predicted octanol–water partition coefficient (Wildman–Crippen LogP) is 0.336. The van der Waals surface area contributed by atoms with Gasteiger partial charge in [0.25, 0.3) is 0 Å². The summed E-state index contributed by atoms with van der Waals surface area (Å²) >= 11 is 0. The second-order valence-electron chi connectivity index (χ2n) is 5.79. The summed E-state index contributed by atoms with van der Waals surface area (Å²) in [6, 6.07) is 1.52. The molecule has 3 amide bonds. The molecule has 0 bridgehead atoms. The highest BCUT2D eigenvalue weighted by atomic mass is 16.5. The van der Waals surface area contributed by atoms with Crippen LogP contribution in [0.5, 0.6) is 0 Å². The van der Waals surface area contributed by atoms with Crippen LogP contribution in [-0.2, 0) is 11.3 Å². The lowest BCUT2D eigenvalue weighted by Crippen LogP contribution is -2.50. The fraction of sp³-hybridized carbons (Fsp3) is 0.667. The van der Waals surface area contributed by atoms with Gasteiger partial charge in [0.2, 0.25) is 5.91 Å². The summed E-state index contributed by atoms with van der Waals surface area (Å²) in [6.45, 7) is 8.70. The van der Waals surface area contributed by atoms with Crippen molar-refractivity contribution in [3.63, 3.8) is 0 Å². The van der Waals surface area contributed by atoms with Crippen LogP contribution in [0.3, 0.4) is 0 Å². The predicted molar refractivity (Wildman–Crippen MR) is 84.8 cm³/mol. The van der Waals surface area contributed by atoms with E-state index in [-0.39, 0.29) is 12.5 Å². The van der Waals surface area contributed by atoms with Crippen molar-refractivity contribution in [2.24, 2.45) is 0 Å². The molecule has 1 saturated heterocycles. The number of aryl methyl sites for hydroxylation is 1. The zero-order valence-corrected chi connectivity index (χ0v) is 13.8. The number of hydrogen-bond acceptors (Lipinski definition) is 6. The van der Waals surface area contributed by atoms with E-state index in [0.717, 1.165) is 50.6 Å². The van der Waals surface area contributed by atoms with E-state index in [4.69, 9.17) is 4.52 Å². The van der Waals surface area contributed by atoms with Crippen molar-refractivity contribution in [3.05, 3.63) is 17.5 Å². The van der Waals surface area contributed by atoms with E-state index in [1.807, 2.05) is 24.8 Å². The molecule has 0 aromatic carbocycles. The Bertz CT molecular complexity index is 523. The van der Waals surface area contributed by atoms with E-state index >= 15 is 0 Å². The van der Waals surface area contributed by atoms with Crippen molar-refractivity contribution < 1.29 is 14.1 Å². The molecule has 1 aliphatic heterocycles. The maximum Gasteiger partial charge on any atom is 0.321 e. The quantitative estimate of drug-likeness (QED) is 0.784. The van der Waals surface area contributed by atoms with Crippen molar-refractivity contribution in [1.82, 2.24) is 25.6 Å². The third-order valence-electron chi connectivity index (χ3n) is 3.68. The fourth-order valence-corrected chi connectivity index (χ4v) is 2.47. The van der Waals surface area contributed by atoms with E-state index in [0.29, 0.717) is 6.54 Å². The van der Waals surface area contributed by atoms with Gasteiger partial charge in [-0.05, 0) is 13.3 Å². The highest BCUT2D eigenvalue weighted by Crippen LogP contribution is 2.09. The third-order valence-corrected chi connectivity index (χ3v) is 3.68. The van der Waals surface area contributed by atoms with Gasteiger partial charge in [-0.1, -0.05) is 12.1 Å². The molecule has 0 spiro atoms. The average Bonchev–Trinajstić information content (AvgIpc) is 2.92. The summed E-state index contributed by atoms with van der Waals surface area (Å²) in [5.74, 6) is 0.596. The summed E-state index contributed by atoms with van der Waals surface area (Å²) in [5, 5.41) is 8.85. The Labute approximate surface area is 136 Å². The lowest BCUT2D eigenvalue weighted by atomic mass is 10.3. The first-order valence-electron chi connectivity index (χ1n) is 8.01. The Hall–Kier alpha value is -1.93. The molecule has 23 heavy (non-hydrogen) atoms. The van der Waals surface area contributed by atoms with Crippen LogP contribution in [0.15, 0.2) is 10.6 Å². The van der Waals surface area contributed by atoms with E-state index < -0.39 is 6.03 Å². The average molecular weight is 323 g/mol. The molecule has 2 rings (SSSR count). The van der Waals surface area contributed by atoms with Crippen molar-refractivity contribution in [2.45, 2.75) is 26.8 Å². The van der Waals surface area contributed by atoms with Gasteiger partial charge >= 0.3 is 6.03 Å². The number of imide groups is 1. The molecule has 1 aliphatic rings. The van der Waals surface area contributed by atoms with Gasteiger partial charge in [-0.3, -0.25) is 19.9 Å². The van der Waals surface area contributed by atoms with Gasteiger partial charge in [-0.15, -0.1) is 0 Å². The molecule has 1 aromatic rings. The molecular formula is C15H25N5O3. The fourth-order valence-electron chi connectivity index (χ4n) is 2.47. The highest BCUT2D eigenvalue weighted by molar-refractivity contribution is 5.95. The second kappa shape index (κ2) is 8.64. The van der Waals surface area contributed by atoms with Gasteiger partial charge in [0, 0.05) is 38.8 Å². The molecule has 0 saturated carbocycles. The molecule has 1 fully saturated rings. The minimum atomic E-state index is -0.420. The normalized spacial score (nSPS) is 16.3. The number of carbonyl (C=O) groups is 2. The van der Waals surface area contributed by atoms with Crippen LogP contribution in [0.1, 0.15) is 24.8 Å². The number of amides is 3. The van der Waals surface area contributed by atoms with Gasteiger partial charge in [0.15, 0.2) is 5.76 Å². The van der Waals surface area contributed by atoms with Crippen LogP contribution in [-0.4, -0.2) is 66.2 Å². The Morgan fingerprint density at radius 3 is 2.57 bits per heavy atom. The van der Waals surface area contributed by atoms with Gasteiger partial charge in [0.05, 0.1) is 18.8 Å². The Balaban J connectivity index is 1.66. The number of aromatic nitrogens is 1. The Morgan fingerprint density at radius 1 is 1.26 bits per heavy atom. The lowest BCUT2D eigenvalue weighted by Gasteiger charge is -2.33. The number of carbonyl (C=O) groups excluding carboxylic acids is 2. The lowest BCUT2D eigenvalue weighted by molar-refractivity contribution is -0.121. The molecular weight excluding hydrogens is 298 g/mol. The first-order chi connectivity index (χ1) is 11.1. The van der Waals surface area contributed by atoms with E-state index in [2.05, 4.69) is 20.7 Å². The van der Waals surface area contributed by atoms with Crippen molar-refractivity contribution in [1.29, 1.82) is 0 Å². The second-order valence-corrected chi connectivity index (χ2v) is 5.79. The van der Waals surface area contributed by atoms with Crippen molar-refractivity contribution >= 4 is 11.9 Å². The van der Waals surface area contributed by atoms with Gasteiger partial charge in [0.1, 0.15) is 0 Å². The van der Waals surface area contributed by atoms with Crippen LogP contribution < -0.4 is 10.6 Å². The van der Waals surface area contributed by atoms with E-state index in [9.17, 15) is 9.59 Å². The zero-order valence-electron chi connectivity index (χ0n) is 13.8. The molecule has 1 aromatic heterocycles. The first-order valence-corrected chi connectivity index (χ1v) is 8.01. The molecule has 2 N–H and O–H groups in total. The number of rotatable bonds is 6. The molecule has 128 valence electrons. The molecule has 0 radical (unpaired) electrons. The van der Waals surface area contributed by atoms with Crippen molar-refractivity contribution in [3.8, 4) is 0 Å². The third kappa shape index (κ3) is 5.99. The SMILES string of the molecule is CCCNC(=O)NC(=O)CN1CCN(Cc2cc(C)no2)CC1. The number of urea groups is 1. The smallest absolute Gasteiger partial charge is 0.321 e. The van der Waals surface area contributed by atoms with E-state index in [1.165, 1.54) is 0 Å². The molecule has 2 heterocycles. The maximum atomic E-state index is 11.8. The summed E-state index contributed by atoms with van der Waals surface area (Å²) in [4.78, 5) is 27.5.